The number of rotatable bonds is 16. The highest BCUT2D eigenvalue weighted by Gasteiger charge is 2.00. The van der Waals surface area contributed by atoms with Crippen molar-refractivity contribution in [2.45, 2.75) is 32.7 Å². The fraction of sp³-hybridized carbons (Fsp3) is 0.667. The largest absolute Gasteiger partial charge is 0.497 e. The van der Waals surface area contributed by atoms with Gasteiger partial charge in [0.05, 0.1) is 26.9 Å². The summed E-state index contributed by atoms with van der Waals surface area (Å²) in [4.78, 5) is 4.69. The Morgan fingerprint density at radius 2 is 1.57 bits per heavy atom. The Morgan fingerprint density at radius 1 is 0.857 bits per heavy atom. The van der Waals surface area contributed by atoms with Gasteiger partial charge in [-0.2, -0.15) is 0 Å². The number of methoxy groups -OCH3 is 2. The van der Waals surface area contributed by atoms with E-state index in [0.29, 0.717) is 19.8 Å². The van der Waals surface area contributed by atoms with Crippen molar-refractivity contribution in [1.82, 2.24) is 10.6 Å². The predicted molar refractivity (Wildman–Crippen MR) is 113 cm³/mol. The second kappa shape index (κ2) is 17.3. The normalized spacial score (nSPS) is 11.5. The number of benzene rings is 1. The fourth-order valence-corrected chi connectivity index (χ4v) is 2.38. The third-order valence-electron chi connectivity index (χ3n) is 3.98. The van der Waals surface area contributed by atoms with Gasteiger partial charge >= 0.3 is 0 Å². The van der Waals surface area contributed by atoms with Gasteiger partial charge in [0, 0.05) is 40.0 Å². The van der Waals surface area contributed by atoms with Crippen LogP contribution in [0.1, 0.15) is 31.7 Å². The summed E-state index contributed by atoms with van der Waals surface area (Å²) in [6.07, 6.45) is 2.98. The minimum Gasteiger partial charge on any atom is -0.497 e. The highest BCUT2D eigenvalue weighted by atomic mass is 16.5. The Morgan fingerprint density at radius 3 is 2.25 bits per heavy atom. The lowest BCUT2D eigenvalue weighted by atomic mass is 10.2. The summed E-state index contributed by atoms with van der Waals surface area (Å²) >= 11 is 0. The van der Waals surface area contributed by atoms with Crippen molar-refractivity contribution in [1.29, 1.82) is 0 Å². The monoisotopic (exact) mass is 395 g/mol. The summed E-state index contributed by atoms with van der Waals surface area (Å²) in [7, 11) is 3.35. The van der Waals surface area contributed by atoms with E-state index in [2.05, 4.69) is 10.6 Å². The first kappa shape index (κ1) is 24.2. The average molecular weight is 396 g/mol. The second-order valence-corrected chi connectivity index (χ2v) is 6.23. The average Bonchev–Trinajstić information content (AvgIpc) is 2.73. The molecule has 0 fully saturated rings. The minimum atomic E-state index is 0.616. The van der Waals surface area contributed by atoms with E-state index in [9.17, 15) is 0 Å². The highest BCUT2D eigenvalue weighted by Crippen LogP contribution is 2.11. The van der Waals surface area contributed by atoms with Gasteiger partial charge in [-0.1, -0.05) is 12.1 Å². The molecule has 7 heteroatoms. The fourth-order valence-electron chi connectivity index (χ4n) is 2.38. The predicted octanol–water partition coefficient (Wildman–Crippen LogP) is 2.60. The smallest absolute Gasteiger partial charge is 0.191 e. The molecule has 1 rings (SSSR count). The Bertz CT molecular complexity index is 509. The van der Waals surface area contributed by atoms with E-state index in [-0.39, 0.29) is 0 Å². The molecule has 28 heavy (non-hydrogen) atoms. The van der Waals surface area contributed by atoms with Gasteiger partial charge in [0.2, 0.25) is 0 Å². The molecule has 0 saturated heterocycles. The molecule has 0 atom stereocenters. The number of nitrogens with zero attached hydrogens (tertiary/aromatic N) is 1. The zero-order chi connectivity index (χ0) is 20.3. The standard InChI is InChI=1S/C21H37N3O4/c1-4-27-15-7-13-23-21(22-12-5-6-14-28-17-16-25-2)24-18-19-8-10-20(26-3)11-9-19/h8-11H,4-7,12-18H2,1-3H3,(H2,22,23,24). The quantitative estimate of drug-likeness (QED) is 0.255. The van der Waals surface area contributed by atoms with Gasteiger partial charge in [-0.15, -0.1) is 0 Å². The maximum atomic E-state index is 5.48. The van der Waals surface area contributed by atoms with Crippen LogP contribution in [0.25, 0.3) is 0 Å². The van der Waals surface area contributed by atoms with E-state index < -0.39 is 0 Å². The number of unbranched alkanes of at least 4 members (excludes halogenated alkanes) is 1. The maximum Gasteiger partial charge on any atom is 0.191 e. The van der Waals surface area contributed by atoms with Gasteiger partial charge in [-0.3, -0.25) is 0 Å². The van der Waals surface area contributed by atoms with E-state index in [1.165, 1.54) is 0 Å². The van der Waals surface area contributed by atoms with Crippen LogP contribution in [0.3, 0.4) is 0 Å². The van der Waals surface area contributed by atoms with E-state index >= 15 is 0 Å². The maximum absolute atomic E-state index is 5.48. The lowest BCUT2D eigenvalue weighted by molar-refractivity contribution is 0.0689. The molecule has 160 valence electrons. The zero-order valence-electron chi connectivity index (χ0n) is 17.7. The minimum absolute atomic E-state index is 0.616. The van der Waals surface area contributed by atoms with Crippen molar-refractivity contribution in [3.8, 4) is 5.75 Å². The van der Waals surface area contributed by atoms with Crippen molar-refractivity contribution >= 4 is 5.96 Å². The number of aliphatic imine (C=N–C) groups is 1. The molecule has 7 nitrogen and oxygen atoms in total. The summed E-state index contributed by atoms with van der Waals surface area (Å²) in [6.45, 7) is 7.87. The van der Waals surface area contributed by atoms with Crippen molar-refractivity contribution in [3.05, 3.63) is 29.8 Å². The summed E-state index contributed by atoms with van der Waals surface area (Å²) in [5, 5.41) is 6.78. The number of ether oxygens (including phenoxy) is 4. The molecule has 0 aliphatic heterocycles. The Kier molecular flexibility index (Phi) is 14.9. The first-order valence-corrected chi connectivity index (χ1v) is 10.1. The van der Waals surface area contributed by atoms with Gasteiger partial charge in [0.25, 0.3) is 0 Å². The summed E-state index contributed by atoms with van der Waals surface area (Å²) in [5.41, 5.74) is 1.14. The van der Waals surface area contributed by atoms with Gasteiger partial charge in [0.15, 0.2) is 5.96 Å². The molecule has 0 aromatic heterocycles. The molecular formula is C21H37N3O4. The van der Waals surface area contributed by atoms with E-state index in [0.717, 1.165) is 69.4 Å². The Balaban J connectivity index is 2.37. The van der Waals surface area contributed by atoms with E-state index in [4.69, 9.17) is 23.9 Å². The Labute approximate surface area is 169 Å². The van der Waals surface area contributed by atoms with Crippen LogP contribution in [-0.2, 0) is 20.8 Å². The van der Waals surface area contributed by atoms with Crippen molar-refractivity contribution < 1.29 is 18.9 Å². The molecule has 0 heterocycles. The molecule has 0 aliphatic rings. The van der Waals surface area contributed by atoms with Crippen molar-refractivity contribution in [2.75, 3.05) is 60.3 Å². The van der Waals surface area contributed by atoms with E-state index in [1.807, 2.05) is 31.2 Å². The third kappa shape index (κ3) is 12.5. The summed E-state index contributed by atoms with van der Waals surface area (Å²) in [5.74, 6) is 1.68. The van der Waals surface area contributed by atoms with Crippen LogP contribution in [0.2, 0.25) is 0 Å². The molecule has 1 aromatic carbocycles. The molecule has 0 saturated carbocycles. The summed E-state index contributed by atoms with van der Waals surface area (Å²) < 4.78 is 21.0. The van der Waals surface area contributed by atoms with Gasteiger partial charge in [0.1, 0.15) is 5.75 Å². The van der Waals surface area contributed by atoms with Crippen LogP contribution in [-0.4, -0.2) is 66.3 Å². The molecule has 0 bridgehead atoms. The number of guanidine groups is 1. The molecule has 2 N–H and O–H groups in total. The summed E-state index contributed by atoms with van der Waals surface area (Å²) in [6, 6.07) is 7.98. The Hall–Kier alpha value is -1.83. The number of hydrogen-bond acceptors (Lipinski definition) is 5. The first-order chi connectivity index (χ1) is 13.8. The van der Waals surface area contributed by atoms with Gasteiger partial charge in [-0.25, -0.2) is 4.99 Å². The third-order valence-corrected chi connectivity index (χ3v) is 3.98. The van der Waals surface area contributed by atoms with Gasteiger partial charge < -0.3 is 29.6 Å². The molecule has 0 amide bonds. The topological polar surface area (TPSA) is 73.3 Å². The molecule has 0 aliphatic carbocycles. The molecule has 0 unspecified atom stereocenters. The van der Waals surface area contributed by atoms with Crippen LogP contribution in [0, 0.1) is 0 Å². The lowest BCUT2D eigenvalue weighted by Crippen LogP contribution is -2.38. The lowest BCUT2D eigenvalue weighted by Gasteiger charge is -2.13. The van der Waals surface area contributed by atoms with Crippen LogP contribution < -0.4 is 15.4 Å². The second-order valence-electron chi connectivity index (χ2n) is 6.23. The zero-order valence-corrected chi connectivity index (χ0v) is 17.7. The first-order valence-electron chi connectivity index (χ1n) is 10.1. The van der Waals surface area contributed by atoms with Gasteiger partial charge in [-0.05, 0) is 43.9 Å². The molecule has 0 radical (unpaired) electrons. The number of hydrogen-bond donors (Lipinski definition) is 2. The van der Waals surface area contributed by atoms with Crippen molar-refractivity contribution in [2.24, 2.45) is 4.99 Å². The van der Waals surface area contributed by atoms with Crippen molar-refractivity contribution in [3.63, 3.8) is 0 Å². The molecule has 1 aromatic rings. The van der Waals surface area contributed by atoms with Crippen LogP contribution in [0.5, 0.6) is 5.75 Å². The number of nitrogens with one attached hydrogen (secondary N) is 2. The molecular weight excluding hydrogens is 358 g/mol. The van der Waals surface area contributed by atoms with Crippen LogP contribution in [0.4, 0.5) is 0 Å². The molecule has 0 spiro atoms. The SMILES string of the molecule is CCOCCCNC(=NCc1ccc(OC)cc1)NCCCCOCCOC. The van der Waals surface area contributed by atoms with Crippen LogP contribution >= 0.6 is 0 Å². The van der Waals surface area contributed by atoms with Crippen LogP contribution in [0.15, 0.2) is 29.3 Å². The highest BCUT2D eigenvalue weighted by molar-refractivity contribution is 5.79. The van der Waals surface area contributed by atoms with E-state index in [1.54, 1.807) is 14.2 Å².